The SMILES string of the molecule is C=C(C)C(=O)OCC(C)C.C=CC(=O)OCC(CC)CCCC.C=CC(=O)OCCCO.CCCCCC(C)C(=O)O. The molecule has 0 aromatic heterocycles. The van der Waals surface area contributed by atoms with Crippen LogP contribution in [-0.4, -0.2) is 60.5 Å². The third kappa shape index (κ3) is 39.2. The summed E-state index contributed by atoms with van der Waals surface area (Å²) in [5, 5.41) is 16.7. The van der Waals surface area contributed by atoms with Gasteiger partial charge in [0.2, 0.25) is 0 Å². The zero-order chi connectivity index (χ0) is 33.3. The largest absolute Gasteiger partial charge is 0.481 e. The molecule has 2 atom stereocenters. The van der Waals surface area contributed by atoms with Crippen LogP contribution in [0.5, 0.6) is 0 Å². The van der Waals surface area contributed by atoms with Crippen molar-refractivity contribution in [3.05, 3.63) is 37.5 Å². The quantitative estimate of drug-likeness (QED) is 0.0689. The Morgan fingerprint density at radius 3 is 1.74 bits per heavy atom. The standard InChI is InChI=1S/C11H20O2.C8H14O2.C8H16O2.C6H10O3/c1-4-7-8-10(5-2)9-13-11(12)6-3;1-6(2)5-10-8(9)7(3)4;1-3-4-5-6-7(2)8(9)10;1-2-6(8)9-5-3-4-7/h6,10H,3-5,7-9H2,1-2H3;6H,3,5H2,1-2,4H3;7H,3-6H2,1-2H3,(H,9,10);2,7H,1,3-5H2. The first-order valence-corrected chi connectivity index (χ1v) is 15.0. The second kappa shape index (κ2) is 34.3. The first-order chi connectivity index (χ1) is 19.8. The molecule has 246 valence electrons. The van der Waals surface area contributed by atoms with Gasteiger partial charge in [-0.15, -0.1) is 0 Å². The van der Waals surface area contributed by atoms with Crippen LogP contribution in [0.2, 0.25) is 0 Å². The number of aliphatic hydroxyl groups excluding tert-OH is 1. The maximum absolute atomic E-state index is 10.8. The summed E-state index contributed by atoms with van der Waals surface area (Å²) in [5.74, 6) is -0.970. The van der Waals surface area contributed by atoms with E-state index in [4.69, 9.17) is 19.7 Å². The van der Waals surface area contributed by atoms with Gasteiger partial charge in [0.05, 0.1) is 25.7 Å². The Bertz CT molecular complexity index is 729. The van der Waals surface area contributed by atoms with E-state index in [0.29, 0.717) is 37.0 Å². The number of unbranched alkanes of at least 4 members (excludes halogenated alkanes) is 3. The number of hydrogen-bond acceptors (Lipinski definition) is 8. The Morgan fingerprint density at radius 2 is 1.33 bits per heavy atom. The van der Waals surface area contributed by atoms with Gasteiger partial charge in [0, 0.05) is 30.8 Å². The smallest absolute Gasteiger partial charge is 0.333 e. The van der Waals surface area contributed by atoms with Crippen molar-refractivity contribution in [1.82, 2.24) is 0 Å². The van der Waals surface area contributed by atoms with E-state index in [2.05, 4.69) is 45.2 Å². The minimum absolute atomic E-state index is 0.0461. The third-order valence-electron chi connectivity index (χ3n) is 5.44. The lowest BCUT2D eigenvalue weighted by molar-refractivity contribution is -0.141. The van der Waals surface area contributed by atoms with Crippen molar-refractivity contribution in [1.29, 1.82) is 0 Å². The average molecular weight is 601 g/mol. The average Bonchev–Trinajstić information content (AvgIpc) is 2.96. The maximum atomic E-state index is 10.8. The summed E-state index contributed by atoms with van der Waals surface area (Å²) >= 11 is 0. The van der Waals surface area contributed by atoms with Crippen LogP contribution in [0.15, 0.2) is 37.5 Å². The van der Waals surface area contributed by atoms with E-state index in [1.165, 1.54) is 18.9 Å². The number of carbonyl (C=O) groups is 4. The van der Waals surface area contributed by atoms with Crippen LogP contribution in [0, 0.1) is 17.8 Å². The third-order valence-corrected chi connectivity index (χ3v) is 5.44. The number of aliphatic carboxylic acids is 1. The Kier molecular flexibility index (Phi) is 37.6. The van der Waals surface area contributed by atoms with E-state index < -0.39 is 11.9 Å². The Balaban J connectivity index is -0.000000232. The number of hydrogen-bond donors (Lipinski definition) is 2. The van der Waals surface area contributed by atoms with Gasteiger partial charge >= 0.3 is 23.9 Å². The molecule has 0 heterocycles. The van der Waals surface area contributed by atoms with Gasteiger partial charge in [0.15, 0.2) is 0 Å². The molecule has 0 aromatic rings. The van der Waals surface area contributed by atoms with Crippen molar-refractivity contribution < 1.29 is 43.6 Å². The summed E-state index contributed by atoms with van der Waals surface area (Å²) in [4.78, 5) is 42.0. The van der Waals surface area contributed by atoms with Crippen molar-refractivity contribution >= 4 is 23.9 Å². The van der Waals surface area contributed by atoms with Gasteiger partial charge < -0.3 is 24.4 Å². The topological polar surface area (TPSA) is 136 Å². The van der Waals surface area contributed by atoms with Crippen LogP contribution < -0.4 is 0 Å². The van der Waals surface area contributed by atoms with E-state index in [1.54, 1.807) is 13.8 Å². The number of esters is 3. The molecule has 0 radical (unpaired) electrons. The second-order valence-corrected chi connectivity index (χ2v) is 10.2. The summed E-state index contributed by atoms with van der Waals surface area (Å²) in [6.07, 6.45) is 11.6. The molecule has 0 fully saturated rings. The molecule has 9 heteroatoms. The fourth-order valence-corrected chi connectivity index (χ4v) is 2.64. The van der Waals surface area contributed by atoms with E-state index >= 15 is 0 Å². The molecule has 0 saturated carbocycles. The molecule has 0 aliphatic rings. The van der Waals surface area contributed by atoms with Gasteiger partial charge in [-0.3, -0.25) is 4.79 Å². The van der Waals surface area contributed by atoms with Gasteiger partial charge in [0.1, 0.15) is 0 Å². The van der Waals surface area contributed by atoms with Gasteiger partial charge in [0.25, 0.3) is 0 Å². The molecule has 42 heavy (non-hydrogen) atoms. The predicted octanol–water partition coefficient (Wildman–Crippen LogP) is 7.08. The molecule has 0 aromatic carbocycles. The molecule has 0 aliphatic heterocycles. The highest BCUT2D eigenvalue weighted by Gasteiger charge is 2.09. The summed E-state index contributed by atoms with van der Waals surface area (Å²) in [6, 6.07) is 0. The summed E-state index contributed by atoms with van der Waals surface area (Å²) in [5.41, 5.74) is 0.459. The van der Waals surface area contributed by atoms with Crippen LogP contribution in [0.25, 0.3) is 0 Å². The molecule has 0 bridgehead atoms. The van der Waals surface area contributed by atoms with Crippen molar-refractivity contribution in [2.24, 2.45) is 17.8 Å². The van der Waals surface area contributed by atoms with Gasteiger partial charge in [-0.25, -0.2) is 14.4 Å². The predicted molar refractivity (Wildman–Crippen MR) is 169 cm³/mol. The van der Waals surface area contributed by atoms with E-state index in [1.807, 2.05) is 13.8 Å². The highest BCUT2D eigenvalue weighted by Crippen LogP contribution is 2.12. The fourth-order valence-electron chi connectivity index (χ4n) is 2.64. The van der Waals surface area contributed by atoms with Crippen molar-refractivity contribution in [3.8, 4) is 0 Å². The summed E-state index contributed by atoms with van der Waals surface area (Å²) in [7, 11) is 0. The lowest BCUT2D eigenvalue weighted by atomic mass is 10.0. The number of carboxylic acid groups (broad SMARTS) is 1. The number of aliphatic hydroxyl groups is 1. The zero-order valence-electron chi connectivity index (χ0n) is 27.5. The van der Waals surface area contributed by atoms with E-state index in [-0.39, 0.29) is 31.1 Å². The van der Waals surface area contributed by atoms with Crippen LogP contribution in [-0.2, 0) is 33.4 Å². The lowest BCUT2D eigenvalue weighted by Crippen LogP contribution is -2.12. The fraction of sp³-hybridized carbons (Fsp3) is 0.697. The number of ether oxygens (including phenoxy) is 3. The maximum Gasteiger partial charge on any atom is 0.333 e. The molecule has 0 amide bonds. The first kappa shape index (κ1) is 46.0. The molecular weight excluding hydrogens is 540 g/mol. The number of carbonyl (C=O) groups excluding carboxylic acids is 3. The number of carboxylic acids is 1. The highest BCUT2D eigenvalue weighted by atomic mass is 16.5. The van der Waals surface area contributed by atoms with Crippen LogP contribution in [0.3, 0.4) is 0 Å². The monoisotopic (exact) mass is 600 g/mol. The Hall–Kier alpha value is -2.94. The zero-order valence-corrected chi connectivity index (χ0v) is 27.5. The highest BCUT2D eigenvalue weighted by molar-refractivity contribution is 5.86. The molecule has 0 saturated heterocycles. The lowest BCUT2D eigenvalue weighted by Gasteiger charge is -2.13. The van der Waals surface area contributed by atoms with E-state index in [9.17, 15) is 19.2 Å². The molecule has 2 N–H and O–H groups in total. The van der Waals surface area contributed by atoms with Gasteiger partial charge in [-0.2, -0.15) is 0 Å². The summed E-state index contributed by atoms with van der Waals surface area (Å²) in [6.45, 7) is 25.1. The van der Waals surface area contributed by atoms with Gasteiger partial charge in [-0.05, 0) is 31.6 Å². The van der Waals surface area contributed by atoms with Crippen molar-refractivity contribution in [3.63, 3.8) is 0 Å². The molecule has 0 rings (SSSR count). The number of rotatable bonds is 19. The van der Waals surface area contributed by atoms with Crippen LogP contribution in [0.4, 0.5) is 0 Å². The molecule has 0 aliphatic carbocycles. The van der Waals surface area contributed by atoms with Crippen LogP contribution >= 0.6 is 0 Å². The molecule has 0 spiro atoms. The van der Waals surface area contributed by atoms with Crippen molar-refractivity contribution in [2.45, 2.75) is 106 Å². The Labute approximate surface area is 255 Å². The molecule has 9 nitrogen and oxygen atoms in total. The minimum atomic E-state index is -0.670. The minimum Gasteiger partial charge on any atom is -0.481 e. The molecule has 2 unspecified atom stereocenters. The van der Waals surface area contributed by atoms with Crippen molar-refractivity contribution in [2.75, 3.05) is 26.4 Å². The summed E-state index contributed by atoms with van der Waals surface area (Å²) < 4.78 is 14.3. The van der Waals surface area contributed by atoms with E-state index in [0.717, 1.165) is 44.6 Å². The second-order valence-electron chi connectivity index (χ2n) is 10.2. The first-order valence-electron chi connectivity index (χ1n) is 15.0. The normalized spacial score (nSPS) is 11.0. The molecular formula is C33H60O9. The van der Waals surface area contributed by atoms with Gasteiger partial charge in [-0.1, -0.05) is 99.8 Å². The Morgan fingerprint density at radius 1 is 0.786 bits per heavy atom. The van der Waals surface area contributed by atoms with Crippen LogP contribution in [0.1, 0.15) is 106 Å².